The highest BCUT2D eigenvalue weighted by atomic mass is 16.3. The van der Waals surface area contributed by atoms with Crippen LogP contribution in [0.3, 0.4) is 0 Å². The van der Waals surface area contributed by atoms with Crippen molar-refractivity contribution in [1.82, 2.24) is 15.1 Å². The Bertz CT molecular complexity index is 236. The topological polar surface area (TPSA) is 55.8 Å². The molecule has 0 bridgehead atoms. The first kappa shape index (κ1) is 14.4. The van der Waals surface area contributed by atoms with Gasteiger partial charge in [-0.2, -0.15) is 0 Å². The number of rotatable bonds is 7. The van der Waals surface area contributed by atoms with E-state index in [9.17, 15) is 4.79 Å². The first-order chi connectivity index (χ1) is 8.19. The number of carbonyl (C=O) groups excluding carboxylic acids is 1. The van der Waals surface area contributed by atoms with Gasteiger partial charge in [0.25, 0.3) is 0 Å². The molecule has 2 N–H and O–H groups in total. The molecule has 100 valence electrons. The average Bonchev–Trinajstić information content (AvgIpc) is 2.77. The Morgan fingerprint density at radius 1 is 1.53 bits per heavy atom. The SMILES string of the molecule is CCN1CCC[C@H]1C(=O)NCCN(C)CCO. The number of amides is 1. The van der Waals surface area contributed by atoms with Crippen molar-refractivity contribution in [1.29, 1.82) is 0 Å². The Labute approximate surface area is 104 Å². The summed E-state index contributed by atoms with van der Waals surface area (Å²) in [7, 11) is 1.94. The third-order valence-electron chi connectivity index (χ3n) is 3.35. The third kappa shape index (κ3) is 4.61. The first-order valence-electron chi connectivity index (χ1n) is 6.50. The van der Waals surface area contributed by atoms with Gasteiger partial charge >= 0.3 is 0 Å². The van der Waals surface area contributed by atoms with E-state index < -0.39 is 0 Å². The van der Waals surface area contributed by atoms with Crippen molar-refractivity contribution < 1.29 is 9.90 Å². The van der Waals surface area contributed by atoms with E-state index in [1.807, 2.05) is 11.9 Å². The number of aliphatic hydroxyl groups excluding tert-OH is 1. The number of carbonyl (C=O) groups is 1. The van der Waals surface area contributed by atoms with Crippen LogP contribution in [0.5, 0.6) is 0 Å². The van der Waals surface area contributed by atoms with E-state index in [0.717, 1.165) is 32.5 Å². The van der Waals surface area contributed by atoms with Gasteiger partial charge in [0.1, 0.15) is 0 Å². The highest BCUT2D eigenvalue weighted by Crippen LogP contribution is 2.16. The molecule has 1 rings (SSSR count). The summed E-state index contributed by atoms with van der Waals surface area (Å²) >= 11 is 0. The fourth-order valence-corrected chi connectivity index (χ4v) is 2.27. The molecular formula is C12H25N3O2. The largest absolute Gasteiger partial charge is 0.395 e. The highest BCUT2D eigenvalue weighted by Gasteiger charge is 2.28. The van der Waals surface area contributed by atoms with Crippen molar-refractivity contribution in [3.05, 3.63) is 0 Å². The van der Waals surface area contributed by atoms with Gasteiger partial charge in [-0.25, -0.2) is 0 Å². The minimum atomic E-state index is 0.0724. The molecule has 0 aromatic rings. The molecule has 5 heteroatoms. The van der Waals surface area contributed by atoms with Gasteiger partial charge in [-0.3, -0.25) is 9.69 Å². The lowest BCUT2D eigenvalue weighted by Gasteiger charge is -2.22. The molecule has 1 amide bonds. The van der Waals surface area contributed by atoms with E-state index in [-0.39, 0.29) is 18.6 Å². The summed E-state index contributed by atoms with van der Waals surface area (Å²) in [6.45, 7) is 6.34. The summed E-state index contributed by atoms with van der Waals surface area (Å²) < 4.78 is 0. The van der Waals surface area contributed by atoms with Gasteiger partial charge in [-0.05, 0) is 33.0 Å². The molecule has 1 heterocycles. The summed E-state index contributed by atoms with van der Waals surface area (Å²) in [5, 5.41) is 11.7. The minimum Gasteiger partial charge on any atom is -0.395 e. The van der Waals surface area contributed by atoms with Crippen LogP contribution in [0.25, 0.3) is 0 Å². The van der Waals surface area contributed by atoms with Crippen molar-refractivity contribution in [3.8, 4) is 0 Å². The molecule has 0 unspecified atom stereocenters. The van der Waals surface area contributed by atoms with E-state index >= 15 is 0 Å². The Hall–Kier alpha value is -0.650. The predicted molar refractivity (Wildman–Crippen MR) is 67.9 cm³/mol. The summed E-state index contributed by atoms with van der Waals surface area (Å²) in [5.41, 5.74) is 0. The first-order valence-corrected chi connectivity index (χ1v) is 6.50. The van der Waals surface area contributed by atoms with Gasteiger partial charge in [0.2, 0.25) is 5.91 Å². The van der Waals surface area contributed by atoms with Crippen molar-refractivity contribution in [2.45, 2.75) is 25.8 Å². The Morgan fingerprint density at radius 2 is 2.29 bits per heavy atom. The molecule has 5 nitrogen and oxygen atoms in total. The highest BCUT2D eigenvalue weighted by molar-refractivity contribution is 5.82. The molecule has 1 saturated heterocycles. The third-order valence-corrected chi connectivity index (χ3v) is 3.35. The lowest BCUT2D eigenvalue weighted by molar-refractivity contribution is -0.125. The van der Waals surface area contributed by atoms with E-state index in [4.69, 9.17) is 5.11 Å². The van der Waals surface area contributed by atoms with E-state index in [1.165, 1.54) is 0 Å². The van der Waals surface area contributed by atoms with Gasteiger partial charge in [0, 0.05) is 19.6 Å². The lowest BCUT2D eigenvalue weighted by atomic mass is 10.2. The Morgan fingerprint density at radius 3 is 2.94 bits per heavy atom. The zero-order valence-corrected chi connectivity index (χ0v) is 11.0. The predicted octanol–water partition coefficient (Wildman–Crippen LogP) is -0.489. The number of nitrogens with one attached hydrogen (secondary N) is 1. The fourth-order valence-electron chi connectivity index (χ4n) is 2.27. The fraction of sp³-hybridized carbons (Fsp3) is 0.917. The standard InChI is InChI=1S/C12H25N3O2/c1-3-15-7-4-5-11(15)12(17)13-6-8-14(2)9-10-16/h11,16H,3-10H2,1-2H3,(H,13,17)/t11-/m0/s1. The molecule has 0 saturated carbocycles. The minimum absolute atomic E-state index is 0.0724. The van der Waals surface area contributed by atoms with Crippen LogP contribution >= 0.6 is 0 Å². The van der Waals surface area contributed by atoms with Crippen LogP contribution in [-0.2, 0) is 4.79 Å². The van der Waals surface area contributed by atoms with Crippen LogP contribution in [0.4, 0.5) is 0 Å². The smallest absolute Gasteiger partial charge is 0.237 e. The molecule has 1 atom stereocenters. The molecule has 1 fully saturated rings. The second kappa shape index (κ2) is 7.63. The maximum atomic E-state index is 11.9. The monoisotopic (exact) mass is 243 g/mol. The molecule has 0 aromatic carbocycles. The van der Waals surface area contributed by atoms with Crippen molar-refractivity contribution in [3.63, 3.8) is 0 Å². The normalized spacial score (nSPS) is 21.1. The Kier molecular flexibility index (Phi) is 6.47. The van der Waals surface area contributed by atoms with Crippen LogP contribution in [0.1, 0.15) is 19.8 Å². The van der Waals surface area contributed by atoms with Gasteiger partial charge in [-0.1, -0.05) is 6.92 Å². The second-order valence-corrected chi connectivity index (χ2v) is 4.60. The molecule has 0 aromatic heterocycles. The van der Waals surface area contributed by atoms with Gasteiger partial charge in [0.05, 0.1) is 12.6 Å². The average molecular weight is 243 g/mol. The number of hydrogen-bond acceptors (Lipinski definition) is 4. The molecule has 17 heavy (non-hydrogen) atoms. The molecule has 0 spiro atoms. The zero-order valence-electron chi connectivity index (χ0n) is 11.0. The van der Waals surface area contributed by atoms with Crippen molar-refractivity contribution in [2.75, 3.05) is 46.4 Å². The molecular weight excluding hydrogens is 218 g/mol. The zero-order chi connectivity index (χ0) is 12.7. The molecule has 0 aliphatic carbocycles. The lowest BCUT2D eigenvalue weighted by Crippen LogP contribution is -2.45. The number of likely N-dealkylation sites (tertiary alicyclic amines) is 1. The summed E-state index contributed by atoms with van der Waals surface area (Å²) in [5.74, 6) is 0.154. The van der Waals surface area contributed by atoms with Crippen molar-refractivity contribution in [2.24, 2.45) is 0 Å². The van der Waals surface area contributed by atoms with Crippen LogP contribution in [0, 0.1) is 0 Å². The summed E-state index contributed by atoms with van der Waals surface area (Å²) in [4.78, 5) is 16.2. The Balaban J connectivity index is 2.20. The van der Waals surface area contributed by atoms with Gasteiger partial charge < -0.3 is 15.3 Å². The number of nitrogens with zero attached hydrogens (tertiary/aromatic N) is 2. The second-order valence-electron chi connectivity index (χ2n) is 4.60. The van der Waals surface area contributed by atoms with E-state index in [1.54, 1.807) is 0 Å². The molecule has 1 aliphatic heterocycles. The van der Waals surface area contributed by atoms with Gasteiger partial charge in [-0.15, -0.1) is 0 Å². The summed E-state index contributed by atoms with van der Waals surface area (Å²) in [6, 6.07) is 0.0724. The van der Waals surface area contributed by atoms with Crippen LogP contribution < -0.4 is 5.32 Å². The van der Waals surface area contributed by atoms with Crippen molar-refractivity contribution >= 4 is 5.91 Å². The molecule has 0 radical (unpaired) electrons. The maximum absolute atomic E-state index is 11.9. The van der Waals surface area contributed by atoms with Gasteiger partial charge in [0.15, 0.2) is 0 Å². The van der Waals surface area contributed by atoms with Crippen LogP contribution in [0.2, 0.25) is 0 Å². The maximum Gasteiger partial charge on any atom is 0.237 e. The quantitative estimate of drug-likeness (QED) is 0.633. The van der Waals surface area contributed by atoms with Crippen LogP contribution in [-0.4, -0.2) is 73.2 Å². The molecule has 1 aliphatic rings. The summed E-state index contributed by atoms with van der Waals surface area (Å²) in [6.07, 6.45) is 2.10. The number of hydrogen-bond donors (Lipinski definition) is 2. The van der Waals surface area contributed by atoms with E-state index in [0.29, 0.717) is 13.1 Å². The van der Waals surface area contributed by atoms with E-state index in [2.05, 4.69) is 17.1 Å². The number of likely N-dealkylation sites (N-methyl/N-ethyl adjacent to an activating group) is 2. The number of aliphatic hydroxyl groups is 1. The van der Waals surface area contributed by atoms with Crippen LogP contribution in [0.15, 0.2) is 0 Å².